The summed E-state index contributed by atoms with van der Waals surface area (Å²) in [5.74, 6) is 0. The SMILES string of the molecule is c1ccc(-c2ccccc2N(c2ccc3c(c2)C2(c4ccccc4-c4ccccc42)c2ccccc2-3)c2cccc3c2c2ccccc2n3-c2ccccc2-c2ccccc2)cc1. The van der Waals surface area contributed by atoms with Gasteiger partial charge in [0.25, 0.3) is 0 Å². The summed E-state index contributed by atoms with van der Waals surface area (Å²) in [6.07, 6.45) is 0. The van der Waals surface area contributed by atoms with Crippen molar-refractivity contribution in [1.82, 2.24) is 4.57 Å². The average Bonchev–Trinajstić information content (AvgIpc) is 3.97. The quantitative estimate of drug-likeness (QED) is 0.163. The van der Waals surface area contributed by atoms with Crippen molar-refractivity contribution < 1.29 is 0 Å². The Labute approximate surface area is 367 Å². The van der Waals surface area contributed by atoms with Crippen molar-refractivity contribution in [2.24, 2.45) is 0 Å². The summed E-state index contributed by atoms with van der Waals surface area (Å²) in [6, 6.07) is 89.6. The number of nitrogens with zero attached hydrogens (tertiary/aromatic N) is 2. The van der Waals surface area contributed by atoms with E-state index in [2.05, 4.69) is 252 Å². The second-order valence-corrected chi connectivity index (χ2v) is 16.7. The summed E-state index contributed by atoms with van der Waals surface area (Å²) >= 11 is 0. The third kappa shape index (κ3) is 5.07. The molecule has 2 aliphatic rings. The maximum Gasteiger partial charge on any atom is 0.0726 e. The van der Waals surface area contributed by atoms with Crippen LogP contribution in [-0.2, 0) is 5.41 Å². The van der Waals surface area contributed by atoms with Gasteiger partial charge in [-0.05, 0) is 98.1 Å². The summed E-state index contributed by atoms with van der Waals surface area (Å²) in [7, 11) is 0. The van der Waals surface area contributed by atoms with E-state index >= 15 is 0 Å². The zero-order valence-electron chi connectivity index (χ0n) is 34.5. The van der Waals surface area contributed by atoms with Gasteiger partial charge < -0.3 is 9.47 Å². The lowest BCUT2D eigenvalue weighted by Crippen LogP contribution is -2.26. The van der Waals surface area contributed by atoms with Crippen molar-refractivity contribution in [2.45, 2.75) is 5.41 Å². The number of benzene rings is 10. The van der Waals surface area contributed by atoms with Crippen LogP contribution in [0.15, 0.2) is 243 Å². The van der Waals surface area contributed by atoms with E-state index < -0.39 is 5.41 Å². The monoisotopic (exact) mass is 800 g/mol. The summed E-state index contributed by atoms with van der Waals surface area (Å²) < 4.78 is 2.47. The number of aromatic nitrogens is 1. The molecular formula is C61H40N2. The van der Waals surface area contributed by atoms with Crippen LogP contribution in [0.3, 0.4) is 0 Å². The Hall–Kier alpha value is -8.20. The molecule has 63 heavy (non-hydrogen) atoms. The van der Waals surface area contributed by atoms with E-state index in [0.717, 1.165) is 28.3 Å². The number of fused-ring (bicyclic) bond motifs is 13. The Morgan fingerprint density at radius 2 is 0.794 bits per heavy atom. The molecule has 2 nitrogen and oxygen atoms in total. The van der Waals surface area contributed by atoms with E-state index in [9.17, 15) is 0 Å². The third-order valence-corrected chi connectivity index (χ3v) is 13.6. The molecule has 0 unspecified atom stereocenters. The lowest BCUT2D eigenvalue weighted by Gasteiger charge is -2.33. The summed E-state index contributed by atoms with van der Waals surface area (Å²) in [6.45, 7) is 0. The van der Waals surface area contributed by atoms with E-state index in [1.54, 1.807) is 0 Å². The number of anilines is 3. The van der Waals surface area contributed by atoms with Crippen LogP contribution in [0.5, 0.6) is 0 Å². The first-order chi connectivity index (χ1) is 31.3. The fourth-order valence-electron chi connectivity index (χ4n) is 11.1. The highest BCUT2D eigenvalue weighted by molar-refractivity contribution is 6.17. The van der Waals surface area contributed by atoms with Crippen molar-refractivity contribution in [3.8, 4) is 50.2 Å². The smallest absolute Gasteiger partial charge is 0.0726 e. The van der Waals surface area contributed by atoms with Crippen LogP contribution >= 0.6 is 0 Å². The van der Waals surface area contributed by atoms with Crippen molar-refractivity contribution in [3.05, 3.63) is 265 Å². The predicted octanol–water partition coefficient (Wildman–Crippen LogP) is 15.9. The molecule has 0 N–H and O–H groups in total. The van der Waals surface area contributed by atoms with Crippen LogP contribution < -0.4 is 4.90 Å². The Bertz CT molecular complexity index is 3520. The minimum Gasteiger partial charge on any atom is -0.309 e. The van der Waals surface area contributed by atoms with Crippen LogP contribution in [0.1, 0.15) is 22.3 Å². The third-order valence-electron chi connectivity index (χ3n) is 13.6. The van der Waals surface area contributed by atoms with Crippen LogP contribution in [0, 0.1) is 0 Å². The fraction of sp³-hybridized carbons (Fsp3) is 0.0164. The molecule has 2 aliphatic carbocycles. The Morgan fingerprint density at radius 3 is 1.46 bits per heavy atom. The first-order valence-electron chi connectivity index (χ1n) is 21.9. The molecule has 0 radical (unpaired) electrons. The molecule has 294 valence electrons. The van der Waals surface area contributed by atoms with Crippen molar-refractivity contribution in [2.75, 3.05) is 4.90 Å². The molecular weight excluding hydrogens is 761 g/mol. The standard InChI is InChI=1S/C61H40N2/c1-3-20-41(21-4-1)44-24-10-16-33-55(44)62(58-36-19-37-59-60(58)50-29-12-18-35-57(50)63(59)56-34-17-11-25-45(56)42-22-5-2-6-23-42)43-38-39-49-48-28-9-15-32-53(48)61(54(49)40-43)51-30-13-7-26-46(51)47-27-8-14-31-52(47)61/h1-40H. The van der Waals surface area contributed by atoms with Gasteiger partial charge in [0.1, 0.15) is 0 Å². The zero-order valence-corrected chi connectivity index (χ0v) is 34.5. The van der Waals surface area contributed by atoms with Crippen LogP contribution in [0.2, 0.25) is 0 Å². The van der Waals surface area contributed by atoms with E-state index in [-0.39, 0.29) is 0 Å². The highest BCUT2D eigenvalue weighted by Gasteiger charge is 2.51. The minimum atomic E-state index is -0.469. The Kier molecular flexibility index (Phi) is 7.85. The van der Waals surface area contributed by atoms with Crippen LogP contribution in [0.4, 0.5) is 17.1 Å². The highest BCUT2D eigenvalue weighted by Crippen LogP contribution is 2.63. The van der Waals surface area contributed by atoms with Crippen LogP contribution in [0.25, 0.3) is 72.0 Å². The Morgan fingerprint density at radius 1 is 0.317 bits per heavy atom. The molecule has 13 rings (SSSR count). The summed E-state index contributed by atoms with van der Waals surface area (Å²) in [5, 5.41) is 2.41. The van der Waals surface area contributed by atoms with Crippen molar-refractivity contribution in [3.63, 3.8) is 0 Å². The topological polar surface area (TPSA) is 8.17 Å². The molecule has 0 saturated carbocycles. The first kappa shape index (κ1) is 35.5. The van der Waals surface area contributed by atoms with Gasteiger partial charge in [0.2, 0.25) is 0 Å². The van der Waals surface area contributed by atoms with Crippen molar-refractivity contribution in [1.29, 1.82) is 0 Å². The number of hydrogen-bond acceptors (Lipinski definition) is 1. The van der Waals surface area contributed by atoms with Gasteiger partial charge in [-0.3, -0.25) is 0 Å². The molecule has 0 bridgehead atoms. The average molecular weight is 801 g/mol. The van der Waals surface area contributed by atoms with Gasteiger partial charge in [-0.25, -0.2) is 0 Å². The summed E-state index contributed by atoms with van der Waals surface area (Å²) in [4.78, 5) is 2.54. The van der Waals surface area contributed by atoms with Crippen LogP contribution in [-0.4, -0.2) is 4.57 Å². The van der Waals surface area contributed by atoms with Crippen molar-refractivity contribution >= 4 is 38.9 Å². The molecule has 2 heteroatoms. The Balaban J connectivity index is 1.13. The molecule has 1 aromatic heterocycles. The number of para-hydroxylation sites is 3. The van der Waals surface area contributed by atoms with Gasteiger partial charge in [0.05, 0.1) is 33.5 Å². The summed E-state index contributed by atoms with van der Waals surface area (Å²) in [5.41, 5.74) is 21.6. The minimum absolute atomic E-state index is 0.469. The van der Waals surface area contributed by atoms with E-state index in [1.165, 1.54) is 83.1 Å². The fourth-order valence-corrected chi connectivity index (χ4v) is 11.1. The predicted molar refractivity (Wildman–Crippen MR) is 263 cm³/mol. The van der Waals surface area contributed by atoms with Gasteiger partial charge in [-0.2, -0.15) is 0 Å². The number of hydrogen-bond donors (Lipinski definition) is 0. The molecule has 11 aromatic rings. The molecule has 0 amide bonds. The highest BCUT2D eigenvalue weighted by atomic mass is 15.2. The molecule has 0 fully saturated rings. The lowest BCUT2D eigenvalue weighted by molar-refractivity contribution is 0.793. The second kappa shape index (κ2) is 13.9. The van der Waals surface area contributed by atoms with E-state index in [4.69, 9.17) is 0 Å². The molecule has 10 aromatic carbocycles. The zero-order chi connectivity index (χ0) is 41.5. The molecule has 0 saturated heterocycles. The molecule has 1 heterocycles. The van der Waals surface area contributed by atoms with E-state index in [0.29, 0.717) is 0 Å². The first-order valence-corrected chi connectivity index (χ1v) is 21.9. The van der Waals surface area contributed by atoms with Gasteiger partial charge in [0.15, 0.2) is 0 Å². The maximum absolute atomic E-state index is 2.54. The molecule has 1 spiro atoms. The van der Waals surface area contributed by atoms with E-state index in [1.807, 2.05) is 0 Å². The maximum atomic E-state index is 2.54. The lowest BCUT2D eigenvalue weighted by atomic mass is 9.70. The molecule has 0 aliphatic heterocycles. The number of rotatable bonds is 6. The largest absolute Gasteiger partial charge is 0.309 e. The second-order valence-electron chi connectivity index (χ2n) is 16.7. The van der Waals surface area contributed by atoms with Gasteiger partial charge in [-0.15, -0.1) is 0 Å². The molecule has 0 atom stereocenters. The van der Waals surface area contributed by atoms with Gasteiger partial charge in [-0.1, -0.05) is 200 Å². The normalized spacial score (nSPS) is 12.9. The van der Waals surface area contributed by atoms with Gasteiger partial charge >= 0.3 is 0 Å². The van der Waals surface area contributed by atoms with Gasteiger partial charge in [0, 0.05) is 27.6 Å².